The topological polar surface area (TPSA) is 26.3 Å². The highest BCUT2D eigenvalue weighted by Gasteiger charge is 2.18. The van der Waals surface area contributed by atoms with E-state index in [1.165, 1.54) is 24.8 Å². The zero-order chi connectivity index (χ0) is 15.7. The normalized spacial score (nSPS) is 13.3. The molecule has 0 radical (unpaired) electrons. The summed E-state index contributed by atoms with van der Waals surface area (Å²) >= 11 is 0. The van der Waals surface area contributed by atoms with Crippen molar-refractivity contribution in [1.82, 2.24) is 0 Å². The molecule has 3 heteroatoms. The average molecular weight is 296 g/mol. The third-order valence-corrected chi connectivity index (χ3v) is 4.06. The van der Waals surface area contributed by atoms with Gasteiger partial charge in [0.15, 0.2) is 0 Å². The molecule has 0 saturated heterocycles. The smallest absolute Gasteiger partial charge is 0.337 e. The minimum Gasteiger partial charge on any atom is -0.465 e. The summed E-state index contributed by atoms with van der Waals surface area (Å²) in [5.41, 5.74) is 5.72. The summed E-state index contributed by atoms with van der Waals surface area (Å²) in [6.45, 7) is 1.90. The van der Waals surface area contributed by atoms with Crippen molar-refractivity contribution in [1.29, 1.82) is 0 Å². The number of aryl methyl sites for hydroxylation is 2. The van der Waals surface area contributed by atoms with Crippen molar-refractivity contribution in [3.8, 4) is 0 Å². The highest BCUT2D eigenvalue weighted by Crippen LogP contribution is 2.34. The molecule has 0 fully saturated rings. The number of carbonyl (C=O) groups excluding carboxylic acids is 1. The number of fused-ring (bicyclic) bond motifs is 1. The number of allylic oxidation sites excluding steroid dienone is 1. The third-order valence-electron chi connectivity index (χ3n) is 4.06. The molecule has 0 atom stereocenters. The summed E-state index contributed by atoms with van der Waals surface area (Å²) in [5.74, 6) is -0.579. The van der Waals surface area contributed by atoms with Gasteiger partial charge in [-0.2, -0.15) is 0 Å². The maximum Gasteiger partial charge on any atom is 0.337 e. The Kier molecular flexibility index (Phi) is 3.80. The Morgan fingerprint density at radius 3 is 2.68 bits per heavy atom. The molecule has 0 N–H and O–H groups in total. The van der Waals surface area contributed by atoms with Crippen molar-refractivity contribution in [3.05, 3.63) is 76.1 Å². The van der Waals surface area contributed by atoms with Crippen LogP contribution in [0.5, 0.6) is 0 Å². The van der Waals surface area contributed by atoms with Gasteiger partial charge in [-0.25, -0.2) is 9.18 Å². The zero-order valence-electron chi connectivity index (χ0n) is 12.7. The first-order chi connectivity index (χ1) is 10.6. The fraction of sp³-hybridized carbons (Fsp3) is 0.211. The van der Waals surface area contributed by atoms with Crippen molar-refractivity contribution in [2.45, 2.75) is 19.8 Å². The van der Waals surface area contributed by atoms with Crippen LogP contribution >= 0.6 is 0 Å². The zero-order valence-corrected chi connectivity index (χ0v) is 12.7. The van der Waals surface area contributed by atoms with E-state index in [1.807, 2.05) is 19.1 Å². The summed E-state index contributed by atoms with van der Waals surface area (Å²) in [7, 11) is 1.38. The van der Waals surface area contributed by atoms with Gasteiger partial charge in [0.2, 0.25) is 0 Å². The van der Waals surface area contributed by atoms with Crippen LogP contribution in [-0.2, 0) is 11.2 Å². The Morgan fingerprint density at radius 1 is 1.14 bits per heavy atom. The number of carbonyl (C=O) groups is 1. The van der Waals surface area contributed by atoms with Crippen molar-refractivity contribution in [2.24, 2.45) is 0 Å². The van der Waals surface area contributed by atoms with Crippen LogP contribution < -0.4 is 0 Å². The van der Waals surface area contributed by atoms with Gasteiger partial charge in [0.1, 0.15) is 5.82 Å². The minimum atomic E-state index is -0.344. The number of halogens is 1. The molecule has 22 heavy (non-hydrogen) atoms. The number of ether oxygens (including phenoxy) is 1. The van der Waals surface area contributed by atoms with Gasteiger partial charge in [0, 0.05) is 0 Å². The highest BCUT2D eigenvalue weighted by atomic mass is 19.1. The van der Waals surface area contributed by atoms with E-state index < -0.39 is 0 Å². The van der Waals surface area contributed by atoms with Gasteiger partial charge in [0.25, 0.3) is 0 Å². The molecule has 2 nitrogen and oxygen atoms in total. The molecule has 2 aromatic rings. The summed E-state index contributed by atoms with van der Waals surface area (Å²) < 4.78 is 18.1. The van der Waals surface area contributed by atoms with Crippen LogP contribution in [0.4, 0.5) is 4.39 Å². The van der Waals surface area contributed by atoms with Gasteiger partial charge in [0.05, 0.1) is 12.7 Å². The molecular formula is C19H17FO2. The number of benzene rings is 2. The first kappa shape index (κ1) is 14.5. The quantitative estimate of drug-likeness (QED) is 0.772. The Bertz CT molecular complexity index is 775. The van der Waals surface area contributed by atoms with Crippen LogP contribution in [0.2, 0.25) is 0 Å². The van der Waals surface area contributed by atoms with Gasteiger partial charge >= 0.3 is 5.97 Å². The number of methoxy groups -OCH3 is 1. The maximum atomic E-state index is 13.3. The fourth-order valence-electron chi connectivity index (χ4n) is 2.96. The molecule has 1 aliphatic carbocycles. The van der Waals surface area contributed by atoms with Crippen LogP contribution in [0.1, 0.15) is 39.0 Å². The number of rotatable bonds is 2. The molecule has 0 aromatic heterocycles. The standard InChI is InChI=1S/C19H17FO2/c1-12-10-15(20)8-9-16(12)17-5-3-4-13-6-7-14(11-18(13)17)19(21)22-2/h5-11H,3-4H2,1-2H3. The van der Waals surface area contributed by atoms with E-state index in [0.29, 0.717) is 5.56 Å². The molecule has 0 spiro atoms. The van der Waals surface area contributed by atoms with E-state index in [1.54, 1.807) is 12.1 Å². The van der Waals surface area contributed by atoms with Crippen molar-refractivity contribution in [3.63, 3.8) is 0 Å². The summed E-state index contributed by atoms with van der Waals surface area (Å²) in [4.78, 5) is 11.8. The second-order valence-corrected chi connectivity index (χ2v) is 5.48. The fourth-order valence-corrected chi connectivity index (χ4v) is 2.96. The summed E-state index contributed by atoms with van der Waals surface area (Å²) in [6.07, 6.45) is 4.04. The molecule has 0 heterocycles. The van der Waals surface area contributed by atoms with Crippen LogP contribution in [0, 0.1) is 12.7 Å². The van der Waals surface area contributed by atoms with Crippen LogP contribution in [-0.4, -0.2) is 13.1 Å². The predicted molar refractivity (Wildman–Crippen MR) is 84.3 cm³/mol. The van der Waals surface area contributed by atoms with Gasteiger partial charge < -0.3 is 4.74 Å². The second kappa shape index (κ2) is 5.76. The largest absolute Gasteiger partial charge is 0.465 e. The van der Waals surface area contributed by atoms with Crippen LogP contribution in [0.15, 0.2) is 42.5 Å². The van der Waals surface area contributed by atoms with E-state index in [4.69, 9.17) is 4.74 Å². The molecule has 0 bridgehead atoms. The van der Waals surface area contributed by atoms with Gasteiger partial charge in [-0.05, 0) is 71.9 Å². The molecule has 2 aromatic carbocycles. The minimum absolute atomic E-state index is 0.235. The highest BCUT2D eigenvalue weighted by molar-refractivity contribution is 5.92. The van der Waals surface area contributed by atoms with Gasteiger partial charge in [-0.15, -0.1) is 0 Å². The first-order valence-corrected chi connectivity index (χ1v) is 7.28. The van der Waals surface area contributed by atoms with Crippen molar-refractivity contribution >= 4 is 11.5 Å². The number of hydrogen-bond acceptors (Lipinski definition) is 2. The molecule has 3 rings (SSSR count). The molecule has 0 amide bonds. The Morgan fingerprint density at radius 2 is 1.95 bits per heavy atom. The van der Waals surface area contributed by atoms with E-state index in [9.17, 15) is 9.18 Å². The van der Waals surface area contributed by atoms with E-state index in [0.717, 1.165) is 35.1 Å². The van der Waals surface area contributed by atoms with Crippen LogP contribution in [0.25, 0.3) is 5.57 Å². The number of esters is 1. The van der Waals surface area contributed by atoms with Gasteiger partial charge in [-0.1, -0.05) is 18.2 Å². The SMILES string of the molecule is COC(=O)c1ccc2c(c1)C(c1ccc(F)cc1C)=CCC2. The molecule has 0 unspecified atom stereocenters. The summed E-state index contributed by atoms with van der Waals surface area (Å²) in [6, 6.07) is 10.5. The molecule has 0 saturated carbocycles. The van der Waals surface area contributed by atoms with Crippen molar-refractivity contribution in [2.75, 3.05) is 7.11 Å². The predicted octanol–water partition coefficient (Wildman–Crippen LogP) is 4.30. The Balaban J connectivity index is 2.12. The summed E-state index contributed by atoms with van der Waals surface area (Å²) in [5, 5.41) is 0. The van der Waals surface area contributed by atoms with Gasteiger partial charge in [-0.3, -0.25) is 0 Å². The van der Waals surface area contributed by atoms with Crippen molar-refractivity contribution < 1.29 is 13.9 Å². The average Bonchev–Trinajstić information content (AvgIpc) is 2.53. The monoisotopic (exact) mass is 296 g/mol. The molecule has 0 aliphatic heterocycles. The Hall–Kier alpha value is -2.42. The Labute approximate surface area is 129 Å². The lowest BCUT2D eigenvalue weighted by atomic mass is 9.84. The molecule has 112 valence electrons. The van der Waals surface area contributed by atoms with E-state index in [-0.39, 0.29) is 11.8 Å². The number of hydrogen-bond donors (Lipinski definition) is 0. The molecule has 1 aliphatic rings. The lowest BCUT2D eigenvalue weighted by molar-refractivity contribution is 0.0600. The third kappa shape index (κ3) is 2.54. The van der Waals surface area contributed by atoms with E-state index in [2.05, 4.69) is 6.08 Å². The molecular weight excluding hydrogens is 279 g/mol. The second-order valence-electron chi connectivity index (χ2n) is 5.48. The lowest BCUT2D eigenvalue weighted by Gasteiger charge is -2.20. The lowest BCUT2D eigenvalue weighted by Crippen LogP contribution is -2.07. The first-order valence-electron chi connectivity index (χ1n) is 7.28. The maximum absolute atomic E-state index is 13.3. The van der Waals surface area contributed by atoms with Crippen LogP contribution in [0.3, 0.4) is 0 Å². The van der Waals surface area contributed by atoms with E-state index >= 15 is 0 Å².